The Kier molecular flexibility index (Phi) is 4.99. The lowest BCUT2D eigenvalue weighted by Gasteiger charge is -2.37. The third-order valence-corrected chi connectivity index (χ3v) is 4.19. The van der Waals surface area contributed by atoms with E-state index in [-0.39, 0.29) is 23.3 Å². The fourth-order valence-corrected chi connectivity index (χ4v) is 2.56. The lowest BCUT2D eigenvalue weighted by atomic mass is 9.68. The van der Waals surface area contributed by atoms with Gasteiger partial charge in [0.05, 0.1) is 0 Å². The molecule has 3 nitrogen and oxygen atoms in total. The Morgan fingerprint density at radius 3 is 2.59 bits per heavy atom. The molecule has 0 bridgehead atoms. The SMILES string of the molecule is CC(C)C(N)CNC(=O)C1CCCCC1(C)C. The van der Waals surface area contributed by atoms with Gasteiger partial charge in [0.15, 0.2) is 0 Å². The largest absolute Gasteiger partial charge is 0.354 e. The smallest absolute Gasteiger partial charge is 0.223 e. The van der Waals surface area contributed by atoms with Gasteiger partial charge in [0.1, 0.15) is 0 Å². The molecule has 0 heterocycles. The number of hydrogen-bond acceptors (Lipinski definition) is 2. The predicted octanol–water partition coefficient (Wildman–Crippen LogP) is 2.30. The van der Waals surface area contributed by atoms with E-state index in [9.17, 15) is 4.79 Å². The molecule has 2 atom stereocenters. The summed E-state index contributed by atoms with van der Waals surface area (Å²) in [7, 11) is 0. The van der Waals surface area contributed by atoms with Crippen molar-refractivity contribution >= 4 is 5.91 Å². The fraction of sp³-hybridized carbons (Fsp3) is 0.929. The zero-order valence-electron chi connectivity index (χ0n) is 11.8. The topological polar surface area (TPSA) is 55.1 Å². The standard InChI is InChI=1S/C14H28N2O/c1-10(2)12(15)9-16-13(17)11-7-5-6-8-14(11,3)4/h10-12H,5-9,15H2,1-4H3,(H,16,17). The van der Waals surface area contributed by atoms with Crippen LogP contribution in [0.4, 0.5) is 0 Å². The second kappa shape index (κ2) is 5.85. The Morgan fingerprint density at radius 1 is 1.41 bits per heavy atom. The maximum absolute atomic E-state index is 12.2. The van der Waals surface area contributed by atoms with Crippen LogP contribution in [-0.2, 0) is 4.79 Å². The first-order valence-corrected chi connectivity index (χ1v) is 6.88. The molecule has 17 heavy (non-hydrogen) atoms. The van der Waals surface area contributed by atoms with E-state index < -0.39 is 0 Å². The highest BCUT2D eigenvalue weighted by molar-refractivity contribution is 5.79. The quantitative estimate of drug-likeness (QED) is 0.792. The second-order valence-corrected chi connectivity index (χ2v) is 6.44. The van der Waals surface area contributed by atoms with Crippen LogP contribution in [0.2, 0.25) is 0 Å². The molecule has 0 aromatic heterocycles. The van der Waals surface area contributed by atoms with Crippen molar-refractivity contribution in [1.82, 2.24) is 5.32 Å². The lowest BCUT2D eigenvalue weighted by Crippen LogP contribution is -2.46. The number of amides is 1. The molecule has 0 saturated heterocycles. The van der Waals surface area contributed by atoms with E-state index in [0.29, 0.717) is 12.5 Å². The van der Waals surface area contributed by atoms with Gasteiger partial charge in [-0.2, -0.15) is 0 Å². The van der Waals surface area contributed by atoms with Crippen molar-refractivity contribution in [1.29, 1.82) is 0 Å². The Bertz CT molecular complexity index is 261. The average molecular weight is 240 g/mol. The number of nitrogens with one attached hydrogen (secondary N) is 1. The second-order valence-electron chi connectivity index (χ2n) is 6.44. The van der Waals surface area contributed by atoms with Gasteiger partial charge in [-0.3, -0.25) is 4.79 Å². The highest BCUT2D eigenvalue weighted by Gasteiger charge is 2.36. The molecule has 1 amide bonds. The molecule has 0 aliphatic heterocycles. The molecule has 1 saturated carbocycles. The average Bonchev–Trinajstić information content (AvgIpc) is 2.24. The minimum atomic E-state index is 0.0608. The van der Waals surface area contributed by atoms with E-state index >= 15 is 0 Å². The molecular formula is C14H28N2O. The van der Waals surface area contributed by atoms with Crippen LogP contribution in [0.15, 0.2) is 0 Å². The van der Waals surface area contributed by atoms with Gasteiger partial charge in [0.25, 0.3) is 0 Å². The molecule has 2 unspecified atom stereocenters. The summed E-state index contributed by atoms with van der Waals surface area (Å²) in [5.74, 6) is 0.774. The van der Waals surface area contributed by atoms with Gasteiger partial charge in [0.2, 0.25) is 5.91 Å². The summed E-state index contributed by atoms with van der Waals surface area (Å²) in [4.78, 5) is 12.2. The molecule has 0 aromatic rings. The maximum atomic E-state index is 12.2. The summed E-state index contributed by atoms with van der Waals surface area (Å²) in [6.45, 7) is 9.18. The van der Waals surface area contributed by atoms with Crippen molar-refractivity contribution in [2.45, 2.75) is 59.4 Å². The van der Waals surface area contributed by atoms with Crippen molar-refractivity contribution in [3.8, 4) is 0 Å². The molecule has 1 rings (SSSR count). The number of carbonyl (C=O) groups is 1. The molecule has 1 fully saturated rings. The monoisotopic (exact) mass is 240 g/mol. The van der Waals surface area contributed by atoms with Crippen LogP contribution in [0, 0.1) is 17.3 Å². The van der Waals surface area contributed by atoms with Crippen molar-refractivity contribution < 1.29 is 4.79 Å². The van der Waals surface area contributed by atoms with E-state index in [1.54, 1.807) is 0 Å². The van der Waals surface area contributed by atoms with E-state index in [4.69, 9.17) is 5.73 Å². The van der Waals surface area contributed by atoms with Crippen molar-refractivity contribution in [2.75, 3.05) is 6.54 Å². The number of carbonyl (C=O) groups excluding carboxylic acids is 1. The normalized spacial score (nSPS) is 25.6. The van der Waals surface area contributed by atoms with Gasteiger partial charge < -0.3 is 11.1 Å². The highest BCUT2D eigenvalue weighted by atomic mass is 16.1. The summed E-state index contributed by atoms with van der Waals surface area (Å²) in [5.41, 5.74) is 6.09. The Hall–Kier alpha value is -0.570. The van der Waals surface area contributed by atoms with Crippen LogP contribution in [0.1, 0.15) is 53.4 Å². The van der Waals surface area contributed by atoms with Crippen LogP contribution in [0.5, 0.6) is 0 Å². The molecule has 0 spiro atoms. The minimum Gasteiger partial charge on any atom is -0.354 e. The van der Waals surface area contributed by atoms with Crippen molar-refractivity contribution in [3.63, 3.8) is 0 Å². The van der Waals surface area contributed by atoms with E-state index in [0.717, 1.165) is 12.8 Å². The van der Waals surface area contributed by atoms with Gasteiger partial charge in [-0.25, -0.2) is 0 Å². The zero-order valence-corrected chi connectivity index (χ0v) is 11.8. The Morgan fingerprint density at radius 2 is 2.06 bits per heavy atom. The maximum Gasteiger partial charge on any atom is 0.223 e. The number of nitrogens with two attached hydrogens (primary N) is 1. The Labute approximate surface area is 106 Å². The molecule has 3 N–H and O–H groups in total. The van der Waals surface area contributed by atoms with Crippen LogP contribution < -0.4 is 11.1 Å². The molecule has 3 heteroatoms. The fourth-order valence-electron chi connectivity index (χ4n) is 2.56. The van der Waals surface area contributed by atoms with Crippen molar-refractivity contribution in [3.05, 3.63) is 0 Å². The third-order valence-electron chi connectivity index (χ3n) is 4.19. The first-order chi connectivity index (χ1) is 7.84. The molecule has 0 aromatic carbocycles. The first kappa shape index (κ1) is 14.5. The number of rotatable bonds is 4. The first-order valence-electron chi connectivity index (χ1n) is 6.88. The highest BCUT2D eigenvalue weighted by Crippen LogP contribution is 2.40. The van der Waals surface area contributed by atoms with Crippen LogP contribution in [0.3, 0.4) is 0 Å². The van der Waals surface area contributed by atoms with Crippen LogP contribution in [-0.4, -0.2) is 18.5 Å². The summed E-state index contributed by atoms with van der Waals surface area (Å²) >= 11 is 0. The molecular weight excluding hydrogens is 212 g/mol. The van der Waals surface area contributed by atoms with Gasteiger partial charge in [0, 0.05) is 18.5 Å². The molecule has 1 aliphatic rings. The molecule has 1 aliphatic carbocycles. The summed E-state index contributed by atoms with van der Waals surface area (Å²) in [6, 6.07) is 0.0608. The minimum absolute atomic E-state index is 0.0608. The Balaban J connectivity index is 2.46. The molecule has 100 valence electrons. The van der Waals surface area contributed by atoms with Gasteiger partial charge in [-0.05, 0) is 24.2 Å². The zero-order chi connectivity index (χ0) is 13.1. The van der Waals surface area contributed by atoms with Gasteiger partial charge in [-0.1, -0.05) is 40.5 Å². The summed E-state index contributed by atoms with van der Waals surface area (Å²) in [6.07, 6.45) is 4.61. The van der Waals surface area contributed by atoms with Gasteiger partial charge in [-0.15, -0.1) is 0 Å². The van der Waals surface area contributed by atoms with E-state index in [2.05, 4.69) is 33.0 Å². The van der Waals surface area contributed by atoms with E-state index in [1.807, 2.05) is 0 Å². The third kappa shape index (κ3) is 3.98. The summed E-state index contributed by atoms with van der Waals surface area (Å²) in [5, 5.41) is 3.03. The summed E-state index contributed by atoms with van der Waals surface area (Å²) < 4.78 is 0. The predicted molar refractivity (Wildman–Crippen MR) is 71.6 cm³/mol. The van der Waals surface area contributed by atoms with Crippen LogP contribution >= 0.6 is 0 Å². The van der Waals surface area contributed by atoms with Crippen LogP contribution in [0.25, 0.3) is 0 Å². The number of hydrogen-bond donors (Lipinski definition) is 2. The van der Waals surface area contributed by atoms with Crippen molar-refractivity contribution in [2.24, 2.45) is 23.0 Å². The molecule has 0 radical (unpaired) electrons. The van der Waals surface area contributed by atoms with Gasteiger partial charge >= 0.3 is 0 Å². The lowest BCUT2D eigenvalue weighted by molar-refractivity contribution is -0.130. The van der Waals surface area contributed by atoms with E-state index in [1.165, 1.54) is 12.8 Å².